The molecule has 2 heterocycles. The van der Waals surface area contributed by atoms with E-state index in [1.54, 1.807) is 36.4 Å². The van der Waals surface area contributed by atoms with Gasteiger partial charge in [0, 0.05) is 31.9 Å². The Kier molecular flexibility index (Phi) is 11.2. The molecule has 1 aromatic heterocycles. The van der Waals surface area contributed by atoms with Crippen molar-refractivity contribution in [1.29, 1.82) is 0 Å². The van der Waals surface area contributed by atoms with Crippen LogP contribution in [0.15, 0.2) is 48.8 Å². The van der Waals surface area contributed by atoms with Crippen LogP contribution in [0.4, 0.5) is 5.69 Å². The van der Waals surface area contributed by atoms with Crippen molar-refractivity contribution in [3.63, 3.8) is 0 Å². The SMILES string of the molecule is COc1ccc([C@H](Cc2c(Cl)cncc2Cl)OC(=O)c2ccc(N(CCN3CCCC3)S(C)(=O)=O)c(OCC3CC3)c2)cc1OC. The lowest BCUT2D eigenvalue weighted by molar-refractivity contribution is 0.0296. The smallest absolute Gasteiger partial charge is 0.338 e. The topological polar surface area (TPSA) is 108 Å². The van der Waals surface area contributed by atoms with Gasteiger partial charge in [-0.15, -0.1) is 0 Å². The molecule has 0 bridgehead atoms. The Morgan fingerprint density at radius 1 is 1.00 bits per heavy atom. The number of ether oxygens (including phenoxy) is 4. The molecule has 0 N–H and O–H groups in total. The van der Waals surface area contributed by atoms with Crippen molar-refractivity contribution in [3.05, 3.63) is 75.5 Å². The van der Waals surface area contributed by atoms with Crippen LogP contribution in [0.2, 0.25) is 10.0 Å². The van der Waals surface area contributed by atoms with Crippen molar-refractivity contribution in [2.75, 3.05) is 57.6 Å². The summed E-state index contributed by atoms with van der Waals surface area (Å²) in [6.07, 6.45) is 7.80. The molecule has 0 unspecified atom stereocenters. The lowest BCUT2D eigenvalue weighted by Gasteiger charge is -2.27. The van der Waals surface area contributed by atoms with E-state index in [-0.39, 0.29) is 18.5 Å². The third kappa shape index (κ3) is 8.56. The molecule has 2 aromatic carbocycles. The van der Waals surface area contributed by atoms with Gasteiger partial charge in [0.1, 0.15) is 11.9 Å². The van der Waals surface area contributed by atoms with E-state index in [0.717, 1.165) is 38.8 Å². The van der Waals surface area contributed by atoms with Gasteiger partial charge in [0.05, 0.1) is 48.4 Å². The second kappa shape index (κ2) is 15.1. The molecule has 1 saturated heterocycles. The van der Waals surface area contributed by atoms with Crippen LogP contribution in [0.1, 0.15) is 53.3 Å². The summed E-state index contributed by atoms with van der Waals surface area (Å²) in [5, 5.41) is 0.674. The lowest BCUT2D eigenvalue weighted by Crippen LogP contribution is -2.37. The molecule has 0 spiro atoms. The maximum Gasteiger partial charge on any atom is 0.338 e. The van der Waals surface area contributed by atoms with Gasteiger partial charge in [-0.1, -0.05) is 29.3 Å². The largest absolute Gasteiger partial charge is 0.493 e. The summed E-state index contributed by atoms with van der Waals surface area (Å²) in [6, 6.07) is 9.98. The normalized spacial score (nSPS) is 15.8. The molecule has 2 aliphatic rings. The van der Waals surface area contributed by atoms with Crippen LogP contribution >= 0.6 is 23.2 Å². The van der Waals surface area contributed by atoms with Crippen LogP contribution in [0, 0.1) is 5.92 Å². The highest BCUT2D eigenvalue weighted by Crippen LogP contribution is 2.38. The number of hydrogen-bond donors (Lipinski definition) is 0. The van der Waals surface area contributed by atoms with E-state index in [1.165, 1.54) is 37.2 Å². The maximum absolute atomic E-state index is 13.8. The van der Waals surface area contributed by atoms with Crippen molar-refractivity contribution in [3.8, 4) is 17.2 Å². The van der Waals surface area contributed by atoms with Crippen molar-refractivity contribution in [2.45, 2.75) is 38.2 Å². The van der Waals surface area contributed by atoms with E-state index in [0.29, 0.717) is 63.2 Å². The van der Waals surface area contributed by atoms with Gasteiger partial charge >= 0.3 is 5.97 Å². The molecule has 10 nitrogen and oxygen atoms in total. The Hall–Kier alpha value is -3.25. The molecule has 13 heteroatoms. The van der Waals surface area contributed by atoms with Crippen molar-refractivity contribution < 1.29 is 32.2 Å². The summed E-state index contributed by atoms with van der Waals surface area (Å²) in [5.41, 5.74) is 1.80. The lowest BCUT2D eigenvalue weighted by atomic mass is 10.0. The first-order chi connectivity index (χ1) is 22.1. The summed E-state index contributed by atoms with van der Waals surface area (Å²) in [6.45, 7) is 3.21. The van der Waals surface area contributed by atoms with Crippen molar-refractivity contribution in [1.82, 2.24) is 9.88 Å². The molecule has 248 valence electrons. The Morgan fingerprint density at radius 2 is 1.70 bits per heavy atom. The Labute approximate surface area is 280 Å². The van der Waals surface area contributed by atoms with Crippen LogP contribution in [-0.2, 0) is 21.2 Å². The summed E-state index contributed by atoms with van der Waals surface area (Å²) in [7, 11) is -0.580. The zero-order valence-electron chi connectivity index (χ0n) is 26.2. The Balaban J connectivity index is 1.46. The minimum absolute atomic E-state index is 0.156. The van der Waals surface area contributed by atoms with Gasteiger partial charge in [-0.25, -0.2) is 13.2 Å². The molecule has 5 rings (SSSR count). The minimum atomic E-state index is -3.64. The molecule has 1 aliphatic heterocycles. The van der Waals surface area contributed by atoms with Gasteiger partial charge in [-0.3, -0.25) is 9.29 Å². The number of pyridine rings is 1. The zero-order chi connectivity index (χ0) is 32.8. The fourth-order valence-electron chi connectivity index (χ4n) is 5.45. The number of rotatable bonds is 15. The summed E-state index contributed by atoms with van der Waals surface area (Å²) >= 11 is 12.9. The number of aromatic nitrogens is 1. The number of sulfonamides is 1. The number of carbonyl (C=O) groups is 1. The van der Waals surface area contributed by atoms with Crippen molar-refractivity contribution >= 4 is 44.9 Å². The fraction of sp³-hybridized carbons (Fsp3) is 0.455. The molecule has 0 radical (unpaired) electrons. The second-order valence-corrected chi connectivity index (χ2v) is 14.3. The predicted octanol–water partition coefficient (Wildman–Crippen LogP) is 6.20. The van der Waals surface area contributed by atoms with E-state index in [1.807, 2.05) is 0 Å². The van der Waals surface area contributed by atoms with Gasteiger partial charge in [0.15, 0.2) is 11.5 Å². The first kappa shape index (κ1) is 34.1. The van der Waals surface area contributed by atoms with Gasteiger partial charge in [-0.2, -0.15) is 0 Å². The highest BCUT2D eigenvalue weighted by atomic mass is 35.5. The number of nitrogens with zero attached hydrogens (tertiary/aromatic N) is 3. The number of benzene rings is 2. The number of methoxy groups -OCH3 is 2. The van der Waals surface area contributed by atoms with Gasteiger partial charge in [-0.05, 0) is 86.1 Å². The standard InChI is InChI=1S/C33H39Cl2N3O7S/c1-42-29-11-9-23(16-32(29)43-2)30(18-25-26(34)19-36-20-27(25)35)45-33(39)24-8-10-28(31(17-24)44-21-22-6-7-22)38(46(3,40)41)15-14-37-12-4-5-13-37/h8-11,16-17,19-20,22,30H,4-7,12-15,18,21H2,1-3H3/t30-/m0/s1. The van der Waals surface area contributed by atoms with Gasteiger partial charge < -0.3 is 23.8 Å². The van der Waals surface area contributed by atoms with Crippen LogP contribution in [-0.4, -0.2) is 77.5 Å². The molecular weight excluding hydrogens is 653 g/mol. The number of likely N-dealkylation sites (tertiary alicyclic amines) is 1. The van der Waals surface area contributed by atoms with E-state index < -0.39 is 22.1 Å². The molecule has 3 aromatic rings. The van der Waals surface area contributed by atoms with Crippen LogP contribution in [0.5, 0.6) is 17.2 Å². The third-order valence-electron chi connectivity index (χ3n) is 8.22. The Morgan fingerprint density at radius 3 is 2.33 bits per heavy atom. The van der Waals surface area contributed by atoms with Crippen LogP contribution in [0.25, 0.3) is 0 Å². The molecule has 2 fully saturated rings. The quantitative estimate of drug-likeness (QED) is 0.172. The number of esters is 1. The molecule has 0 amide bonds. The summed E-state index contributed by atoms with van der Waals surface area (Å²) in [5.74, 6) is 1.07. The zero-order valence-corrected chi connectivity index (χ0v) is 28.5. The molecular formula is C33H39Cl2N3O7S. The highest BCUT2D eigenvalue weighted by molar-refractivity contribution is 7.92. The van der Waals surface area contributed by atoms with Gasteiger partial charge in [0.2, 0.25) is 10.0 Å². The predicted molar refractivity (Wildman–Crippen MR) is 178 cm³/mol. The number of carbonyl (C=O) groups excluding carboxylic acids is 1. The van der Waals surface area contributed by atoms with E-state index in [4.69, 9.17) is 42.1 Å². The average molecular weight is 693 g/mol. The van der Waals surface area contributed by atoms with Gasteiger partial charge in [0.25, 0.3) is 0 Å². The average Bonchev–Trinajstić information content (AvgIpc) is 3.72. The van der Waals surface area contributed by atoms with E-state index >= 15 is 0 Å². The van der Waals surface area contributed by atoms with Crippen LogP contribution in [0.3, 0.4) is 0 Å². The first-order valence-corrected chi connectivity index (χ1v) is 17.9. The summed E-state index contributed by atoms with van der Waals surface area (Å²) in [4.78, 5) is 20.1. The molecule has 1 saturated carbocycles. The minimum Gasteiger partial charge on any atom is -0.493 e. The first-order valence-electron chi connectivity index (χ1n) is 15.2. The highest BCUT2D eigenvalue weighted by Gasteiger charge is 2.28. The fourth-order valence-corrected chi connectivity index (χ4v) is 6.90. The van der Waals surface area contributed by atoms with Crippen molar-refractivity contribution in [2.24, 2.45) is 5.92 Å². The molecule has 1 atom stereocenters. The number of hydrogen-bond acceptors (Lipinski definition) is 9. The molecule has 46 heavy (non-hydrogen) atoms. The summed E-state index contributed by atoms with van der Waals surface area (Å²) < 4.78 is 50.5. The maximum atomic E-state index is 13.8. The Bertz CT molecular complexity index is 1630. The molecule has 1 aliphatic carbocycles. The van der Waals surface area contributed by atoms with E-state index in [2.05, 4.69) is 9.88 Å². The third-order valence-corrected chi connectivity index (χ3v) is 10.1. The monoisotopic (exact) mass is 691 g/mol. The second-order valence-electron chi connectivity index (χ2n) is 11.6. The van der Waals surface area contributed by atoms with E-state index in [9.17, 15) is 13.2 Å². The van der Waals surface area contributed by atoms with Crippen LogP contribution < -0.4 is 18.5 Å². The number of halogens is 2. The number of anilines is 1.